The first-order valence-electron chi connectivity index (χ1n) is 6.62. The Morgan fingerprint density at radius 3 is 2.33 bits per heavy atom. The molecule has 0 amide bonds. The second kappa shape index (κ2) is 4.65. The van der Waals surface area contributed by atoms with E-state index in [1.54, 1.807) is 12.1 Å². The van der Waals surface area contributed by atoms with E-state index in [2.05, 4.69) is 11.1 Å². The predicted octanol–water partition coefficient (Wildman–Crippen LogP) is 5.47. The van der Waals surface area contributed by atoms with Gasteiger partial charge in [-0.15, -0.1) is 0 Å². The molecule has 0 atom stereocenters. The van der Waals surface area contributed by atoms with Crippen molar-refractivity contribution in [3.63, 3.8) is 0 Å². The quantitative estimate of drug-likeness (QED) is 0.611. The second-order valence-electron chi connectivity index (χ2n) is 5.30. The van der Waals surface area contributed by atoms with E-state index in [1.807, 2.05) is 32.0 Å². The average Bonchev–Trinajstić information content (AvgIpc) is 2.81. The summed E-state index contributed by atoms with van der Waals surface area (Å²) < 4.78 is 38.2. The third kappa shape index (κ3) is 2.53. The lowest BCUT2D eigenvalue weighted by molar-refractivity contribution is -0.140. The molecule has 0 aliphatic carbocycles. The van der Waals surface area contributed by atoms with Crippen LogP contribution in [0.15, 0.2) is 42.5 Å². The fourth-order valence-corrected chi connectivity index (χ4v) is 2.59. The highest BCUT2D eigenvalue weighted by molar-refractivity contribution is 5.86. The summed E-state index contributed by atoms with van der Waals surface area (Å²) in [6.07, 6.45) is -4.35. The number of fused-ring (bicyclic) bond motifs is 1. The Bertz CT molecular complexity index is 813. The van der Waals surface area contributed by atoms with Crippen molar-refractivity contribution in [1.82, 2.24) is 4.98 Å². The Balaban J connectivity index is 2.12. The first-order chi connectivity index (χ1) is 9.84. The van der Waals surface area contributed by atoms with Gasteiger partial charge < -0.3 is 4.98 Å². The van der Waals surface area contributed by atoms with E-state index in [0.29, 0.717) is 10.9 Å². The molecule has 21 heavy (non-hydrogen) atoms. The number of hydrogen-bond acceptors (Lipinski definition) is 0. The molecule has 0 fully saturated rings. The van der Waals surface area contributed by atoms with Crippen LogP contribution in [0.4, 0.5) is 13.2 Å². The van der Waals surface area contributed by atoms with Crippen LogP contribution >= 0.6 is 0 Å². The minimum absolute atomic E-state index is 0.496. The summed E-state index contributed by atoms with van der Waals surface area (Å²) in [5.41, 5.74) is 4.02. The van der Waals surface area contributed by atoms with Gasteiger partial charge in [0.2, 0.25) is 0 Å². The van der Waals surface area contributed by atoms with Crippen molar-refractivity contribution < 1.29 is 13.2 Å². The first-order valence-corrected chi connectivity index (χ1v) is 6.62. The number of hydrogen-bond donors (Lipinski definition) is 1. The smallest absolute Gasteiger partial charge is 0.351 e. The Hall–Kier alpha value is -2.23. The van der Waals surface area contributed by atoms with Crippen LogP contribution in [0.1, 0.15) is 16.8 Å². The summed E-state index contributed by atoms with van der Waals surface area (Å²) in [4.78, 5) is 2.41. The maximum absolute atomic E-state index is 12.7. The van der Waals surface area contributed by atoms with Crippen molar-refractivity contribution in [3.05, 3.63) is 59.3 Å². The SMILES string of the molecule is Cc1ccc(-c2ccc3[nH]c(C(F)(F)F)cc3c2)c(C)c1. The zero-order valence-corrected chi connectivity index (χ0v) is 11.7. The Labute approximate surface area is 120 Å². The number of benzene rings is 2. The molecule has 0 aliphatic heterocycles. The molecule has 1 aromatic heterocycles. The van der Waals surface area contributed by atoms with E-state index >= 15 is 0 Å². The van der Waals surface area contributed by atoms with Gasteiger partial charge in [0, 0.05) is 10.9 Å². The molecule has 1 heterocycles. The molecule has 2 aromatic carbocycles. The van der Waals surface area contributed by atoms with Crippen molar-refractivity contribution in [3.8, 4) is 11.1 Å². The maximum atomic E-state index is 12.7. The molecule has 0 saturated carbocycles. The fraction of sp³-hybridized carbons (Fsp3) is 0.176. The number of rotatable bonds is 1. The Kier molecular flexibility index (Phi) is 3.04. The molecule has 3 rings (SSSR count). The van der Waals surface area contributed by atoms with Crippen LogP contribution < -0.4 is 0 Å². The van der Waals surface area contributed by atoms with E-state index in [9.17, 15) is 13.2 Å². The van der Waals surface area contributed by atoms with Gasteiger partial charge in [-0.3, -0.25) is 0 Å². The lowest BCUT2D eigenvalue weighted by Gasteiger charge is -2.07. The minimum Gasteiger partial charge on any atom is -0.351 e. The van der Waals surface area contributed by atoms with Gasteiger partial charge in [0.05, 0.1) is 0 Å². The van der Waals surface area contributed by atoms with Crippen molar-refractivity contribution in [2.75, 3.05) is 0 Å². The summed E-state index contributed by atoms with van der Waals surface area (Å²) in [6, 6.07) is 12.6. The normalized spacial score (nSPS) is 12.0. The predicted molar refractivity (Wildman–Crippen MR) is 78.2 cm³/mol. The molecule has 0 aliphatic rings. The van der Waals surface area contributed by atoms with Gasteiger partial charge in [-0.25, -0.2) is 0 Å². The standard InChI is InChI=1S/C17H14F3N/c1-10-3-5-14(11(2)7-10)12-4-6-15-13(8-12)9-16(21-15)17(18,19)20/h3-9,21H,1-2H3. The molecule has 0 bridgehead atoms. The lowest BCUT2D eigenvalue weighted by Crippen LogP contribution is -2.04. The minimum atomic E-state index is -4.35. The van der Waals surface area contributed by atoms with E-state index in [1.165, 1.54) is 5.56 Å². The molecular weight excluding hydrogens is 275 g/mol. The van der Waals surface area contributed by atoms with Gasteiger partial charge in [0.1, 0.15) is 5.69 Å². The largest absolute Gasteiger partial charge is 0.431 e. The molecule has 0 radical (unpaired) electrons. The van der Waals surface area contributed by atoms with Crippen LogP contribution in [0.25, 0.3) is 22.0 Å². The van der Waals surface area contributed by atoms with Crippen LogP contribution in [0.5, 0.6) is 0 Å². The zero-order chi connectivity index (χ0) is 15.2. The van der Waals surface area contributed by atoms with E-state index < -0.39 is 11.9 Å². The maximum Gasteiger partial charge on any atom is 0.431 e. The van der Waals surface area contributed by atoms with Crippen LogP contribution in [0.3, 0.4) is 0 Å². The Morgan fingerprint density at radius 2 is 1.67 bits per heavy atom. The number of nitrogens with one attached hydrogen (secondary N) is 1. The molecular formula is C17H14F3N. The van der Waals surface area contributed by atoms with Gasteiger partial charge in [0.15, 0.2) is 0 Å². The number of aryl methyl sites for hydroxylation is 2. The van der Waals surface area contributed by atoms with Crippen LogP contribution in [-0.4, -0.2) is 4.98 Å². The lowest BCUT2D eigenvalue weighted by atomic mass is 9.98. The summed E-state index contributed by atoms with van der Waals surface area (Å²) in [6.45, 7) is 4.02. The summed E-state index contributed by atoms with van der Waals surface area (Å²) >= 11 is 0. The molecule has 0 saturated heterocycles. The van der Waals surface area contributed by atoms with Crippen molar-refractivity contribution in [1.29, 1.82) is 0 Å². The van der Waals surface area contributed by atoms with Gasteiger partial charge in [0.25, 0.3) is 0 Å². The number of H-pyrrole nitrogens is 1. The van der Waals surface area contributed by atoms with Crippen LogP contribution in [-0.2, 0) is 6.18 Å². The number of aromatic amines is 1. The third-order valence-electron chi connectivity index (χ3n) is 3.62. The van der Waals surface area contributed by atoms with Gasteiger partial charge in [-0.1, -0.05) is 29.8 Å². The molecule has 3 aromatic rings. The zero-order valence-electron chi connectivity index (χ0n) is 11.7. The molecule has 1 N–H and O–H groups in total. The van der Waals surface area contributed by atoms with E-state index in [-0.39, 0.29) is 0 Å². The van der Waals surface area contributed by atoms with Gasteiger partial charge in [-0.05, 0) is 48.7 Å². The average molecular weight is 289 g/mol. The molecule has 108 valence electrons. The van der Waals surface area contributed by atoms with Crippen molar-refractivity contribution in [2.24, 2.45) is 0 Å². The number of alkyl halides is 3. The van der Waals surface area contributed by atoms with Gasteiger partial charge in [-0.2, -0.15) is 13.2 Å². The van der Waals surface area contributed by atoms with Crippen molar-refractivity contribution in [2.45, 2.75) is 20.0 Å². The number of halogens is 3. The molecule has 0 spiro atoms. The Morgan fingerprint density at radius 1 is 0.905 bits per heavy atom. The number of aromatic nitrogens is 1. The second-order valence-corrected chi connectivity index (χ2v) is 5.30. The topological polar surface area (TPSA) is 15.8 Å². The summed E-state index contributed by atoms with van der Waals surface area (Å²) in [5.74, 6) is 0. The third-order valence-corrected chi connectivity index (χ3v) is 3.62. The highest BCUT2D eigenvalue weighted by atomic mass is 19.4. The van der Waals surface area contributed by atoms with Crippen molar-refractivity contribution >= 4 is 10.9 Å². The monoisotopic (exact) mass is 289 g/mol. The van der Waals surface area contributed by atoms with E-state index in [4.69, 9.17) is 0 Å². The fourth-order valence-electron chi connectivity index (χ4n) is 2.59. The van der Waals surface area contributed by atoms with E-state index in [0.717, 1.165) is 22.8 Å². The van der Waals surface area contributed by atoms with Crippen LogP contribution in [0, 0.1) is 13.8 Å². The summed E-state index contributed by atoms with van der Waals surface area (Å²) in [7, 11) is 0. The highest BCUT2D eigenvalue weighted by Crippen LogP contribution is 2.33. The molecule has 4 heteroatoms. The highest BCUT2D eigenvalue weighted by Gasteiger charge is 2.32. The van der Waals surface area contributed by atoms with Gasteiger partial charge >= 0.3 is 6.18 Å². The van der Waals surface area contributed by atoms with Crippen LogP contribution in [0.2, 0.25) is 0 Å². The first kappa shape index (κ1) is 13.7. The summed E-state index contributed by atoms with van der Waals surface area (Å²) in [5, 5.41) is 0.569. The molecule has 0 unspecified atom stereocenters. The molecule has 1 nitrogen and oxygen atoms in total.